The van der Waals surface area contributed by atoms with Gasteiger partial charge in [0.2, 0.25) is 0 Å². The lowest BCUT2D eigenvalue weighted by Crippen LogP contribution is -2.27. The van der Waals surface area contributed by atoms with E-state index in [1.807, 2.05) is 30.3 Å². The van der Waals surface area contributed by atoms with Gasteiger partial charge in [-0.2, -0.15) is 0 Å². The first kappa shape index (κ1) is 23.1. The van der Waals surface area contributed by atoms with Gasteiger partial charge in [0.15, 0.2) is 0 Å². The molecular formula is C28H26O4S. The van der Waals surface area contributed by atoms with Crippen LogP contribution in [0.15, 0.2) is 101 Å². The third-order valence-corrected chi connectivity index (χ3v) is 6.28. The molecule has 0 saturated heterocycles. The Morgan fingerprint density at radius 3 is 2.45 bits per heavy atom. The summed E-state index contributed by atoms with van der Waals surface area (Å²) in [6, 6.07) is 27.4. The van der Waals surface area contributed by atoms with Crippen LogP contribution in [-0.2, 0) is 25.6 Å². The fourth-order valence-corrected chi connectivity index (χ4v) is 4.66. The molecule has 0 aliphatic carbocycles. The number of fused-ring (bicyclic) bond motifs is 2. The zero-order valence-electron chi connectivity index (χ0n) is 18.5. The van der Waals surface area contributed by atoms with E-state index in [2.05, 4.69) is 55.1 Å². The maximum absolute atomic E-state index is 11.6. The second-order valence-corrected chi connectivity index (χ2v) is 8.75. The van der Waals surface area contributed by atoms with Crippen molar-refractivity contribution < 1.29 is 19.0 Å². The SMILES string of the molecule is C=CC(=O)OC(COC)COCc1c2ccccc2cc2ccc(Sc3ccccc3)cc12. The molecule has 1 atom stereocenters. The summed E-state index contributed by atoms with van der Waals surface area (Å²) in [4.78, 5) is 14.0. The van der Waals surface area contributed by atoms with E-state index < -0.39 is 12.1 Å². The summed E-state index contributed by atoms with van der Waals surface area (Å²) in [6.07, 6.45) is 0.651. The van der Waals surface area contributed by atoms with Crippen LogP contribution in [0.25, 0.3) is 21.5 Å². The molecule has 0 aromatic heterocycles. The van der Waals surface area contributed by atoms with Crippen molar-refractivity contribution in [1.29, 1.82) is 0 Å². The van der Waals surface area contributed by atoms with Crippen molar-refractivity contribution in [3.8, 4) is 0 Å². The average molecular weight is 459 g/mol. The quantitative estimate of drug-likeness (QED) is 0.156. The summed E-state index contributed by atoms with van der Waals surface area (Å²) in [5.74, 6) is -0.487. The molecule has 0 saturated carbocycles. The largest absolute Gasteiger partial charge is 0.454 e. The Morgan fingerprint density at radius 1 is 0.909 bits per heavy atom. The smallest absolute Gasteiger partial charge is 0.330 e. The number of benzene rings is 4. The van der Waals surface area contributed by atoms with E-state index in [1.54, 1.807) is 18.9 Å². The minimum absolute atomic E-state index is 0.233. The predicted octanol–water partition coefficient (Wildman–Crippen LogP) is 6.41. The maximum atomic E-state index is 11.6. The predicted molar refractivity (Wildman–Crippen MR) is 134 cm³/mol. The first-order valence-electron chi connectivity index (χ1n) is 10.7. The van der Waals surface area contributed by atoms with Crippen molar-refractivity contribution in [2.24, 2.45) is 0 Å². The Labute approximate surface area is 198 Å². The van der Waals surface area contributed by atoms with Gasteiger partial charge in [-0.15, -0.1) is 0 Å². The van der Waals surface area contributed by atoms with Crippen LogP contribution in [0.5, 0.6) is 0 Å². The van der Waals surface area contributed by atoms with Crippen LogP contribution in [0.1, 0.15) is 5.56 Å². The molecule has 5 heteroatoms. The molecule has 0 radical (unpaired) electrons. The molecular weight excluding hydrogens is 432 g/mol. The number of methoxy groups -OCH3 is 1. The molecule has 0 N–H and O–H groups in total. The van der Waals surface area contributed by atoms with E-state index in [0.717, 1.165) is 27.8 Å². The maximum Gasteiger partial charge on any atom is 0.330 e. The third-order valence-electron chi connectivity index (χ3n) is 5.28. The first-order chi connectivity index (χ1) is 16.2. The van der Waals surface area contributed by atoms with Gasteiger partial charge in [-0.3, -0.25) is 0 Å². The van der Waals surface area contributed by atoms with Gasteiger partial charge < -0.3 is 14.2 Å². The highest BCUT2D eigenvalue weighted by Gasteiger charge is 2.15. The highest BCUT2D eigenvalue weighted by molar-refractivity contribution is 7.99. The van der Waals surface area contributed by atoms with Gasteiger partial charge in [0.25, 0.3) is 0 Å². The van der Waals surface area contributed by atoms with Crippen LogP contribution in [0.3, 0.4) is 0 Å². The molecule has 4 aromatic carbocycles. The number of carbonyl (C=O) groups is 1. The highest BCUT2D eigenvalue weighted by Crippen LogP contribution is 2.34. The van der Waals surface area contributed by atoms with Crippen LogP contribution in [-0.4, -0.2) is 32.4 Å². The van der Waals surface area contributed by atoms with E-state index >= 15 is 0 Å². The second-order valence-electron chi connectivity index (χ2n) is 7.61. The van der Waals surface area contributed by atoms with Crippen molar-refractivity contribution in [2.45, 2.75) is 22.5 Å². The third kappa shape index (κ3) is 5.82. The molecule has 1 unspecified atom stereocenters. The lowest BCUT2D eigenvalue weighted by molar-refractivity contribution is -0.149. The minimum atomic E-state index is -0.495. The summed E-state index contributed by atoms with van der Waals surface area (Å²) in [6.45, 7) is 4.33. The van der Waals surface area contributed by atoms with Crippen molar-refractivity contribution in [3.63, 3.8) is 0 Å². The highest BCUT2D eigenvalue weighted by atomic mass is 32.2. The fraction of sp³-hybridized carbons (Fsp3) is 0.179. The number of rotatable bonds is 10. The van der Waals surface area contributed by atoms with Crippen LogP contribution in [0.4, 0.5) is 0 Å². The fourth-order valence-electron chi connectivity index (χ4n) is 3.78. The molecule has 0 aliphatic heterocycles. The molecule has 0 amide bonds. The van der Waals surface area contributed by atoms with E-state index in [1.165, 1.54) is 15.2 Å². The molecule has 0 fully saturated rings. The number of ether oxygens (including phenoxy) is 3. The lowest BCUT2D eigenvalue weighted by Gasteiger charge is -2.18. The van der Waals surface area contributed by atoms with Crippen molar-refractivity contribution in [1.82, 2.24) is 0 Å². The molecule has 0 spiro atoms. The molecule has 4 aromatic rings. The summed E-state index contributed by atoms with van der Waals surface area (Å²) < 4.78 is 16.6. The van der Waals surface area contributed by atoms with Gasteiger partial charge in [-0.1, -0.05) is 66.9 Å². The van der Waals surface area contributed by atoms with Gasteiger partial charge in [-0.25, -0.2) is 4.79 Å². The molecule has 0 aliphatic rings. The van der Waals surface area contributed by atoms with Crippen molar-refractivity contribution in [2.75, 3.05) is 20.3 Å². The summed E-state index contributed by atoms with van der Waals surface area (Å²) in [7, 11) is 1.57. The summed E-state index contributed by atoms with van der Waals surface area (Å²) in [5, 5.41) is 4.63. The minimum Gasteiger partial charge on any atom is -0.454 e. The molecule has 33 heavy (non-hydrogen) atoms. The Morgan fingerprint density at radius 2 is 1.67 bits per heavy atom. The molecule has 4 nitrogen and oxygen atoms in total. The van der Waals surface area contributed by atoms with Crippen molar-refractivity contribution in [3.05, 3.63) is 97.1 Å². The lowest BCUT2D eigenvalue weighted by atomic mass is 9.97. The Bertz CT molecular complexity index is 1250. The number of hydrogen-bond donors (Lipinski definition) is 0. The Hall–Kier alpha value is -3.12. The zero-order chi connectivity index (χ0) is 23.0. The van der Waals surface area contributed by atoms with Crippen LogP contribution in [0, 0.1) is 0 Å². The van der Waals surface area contributed by atoms with Crippen molar-refractivity contribution >= 4 is 39.3 Å². The van der Waals surface area contributed by atoms with Crippen LogP contribution < -0.4 is 0 Å². The van der Waals surface area contributed by atoms with Gasteiger partial charge in [0, 0.05) is 23.0 Å². The van der Waals surface area contributed by atoms with E-state index in [-0.39, 0.29) is 13.2 Å². The van der Waals surface area contributed by atoms with Crippen LogP contribution in [0.2, 0.25) is 0 Å². The Balaban J connectivity index is 1.64. The average Bonchev–Trinajstić information content (AvgIpc) is 2.84. The Kier molecular flexibility index (Phi) is 7.79. The van der Waals surface area contributed by atoms with E-state index in [4.69, 9.17) is 14.2 Å². The van der Waals surface area contributed by atoms with E-state index in [0.29, 0.717) is 6.61 Å². The van der Waals surface area contributed by atoms with Gasteiger partial charge in [0.05, 0.1) is 19.8 Å². The zero-order valence-corrected chi connectivity index (χ0v) is 19.3. The summed E-state index contributed by atoms with van der Waals surface area (Å²) in [5.41, 5.74) is 1.12. The number of carbonyl (C=O) groups excluding carboxylic acids is 1. The van der Waals surface area contributed by atoms with Crippen LogP contribution >= 0.6 is 11.8 Å². The second kappa shape index (κ2) is 11.1. The standard InChI is InChI=1S/C28H26O4S/c1-3-28(29)32-22(17-30-2)18-31-19-27-25-12-8-7-9-20(25)15-21-13-14-24(16-26(21)27)33-23-10-5-4-6-11-23/h3-16,22H,1,17-19H2,2H3. The van der Waals surface area contributed by atoms with Gasteiger partial charge in [-0.05, 0) is 57.4 Å². The topological polar surface area (TPSA) is 44.8 Å². The molecule has 168 valence electrons. The van der Waals surface area contributed by atoms with Gasteiger partial charge in [0.1, 0.15) is 6.10 Å². The normalized spacial score (nSPS) is 12.0. The molecule has 4 rings (SSSR count). The first-order valence-corrected chi connectivity index (χ1v) is 11.6. The number of hydrogen-bond acceptors (Lipinski definition) is 5. The monoisotopic (exact) mass is 458 g/mol. The summed E-state index contributed by atoms with van der Waals surface area (Å²) >= 11 is 1.74. The van der Waals surface area contributed by atoms with Gasteiger partial charge >= 0.3 is 5.97 Å². The molecule has 0 heterocycles. The number of esters is 1. The molecule has 0 bridgehead atoms. The van der Waals surface area contributed by atoms with E-state index in [9.17, 15) is 4.79 Å².